The third kappa shape index (κ3) is 6.99. The fourth-order valence-corrected chi connectivity index (χ4v) is 5.56. The fourth-order valence-electron chi connectivity index (χ4n) is 5.56. The highest BCUT2D eigenvalue weighted by molar-refractivity contribution is 5.90. The van der Waals surface area contributed by atoms with Crippen molar-refractivity contribution in [3.8, 4) is 0 Å². The van der Waals surface area contributed by atoms with E-state index in [1.807, 2.05) is 0 Å². The number of carbonyl (C=O) groups is 2. The zero-order chi connectivity index (χ0) is 30.3. The first-order valence-corrected chi connectivity index (χ1v) is 13.5. The van der Waals surface area contributed by atoms with Gasteiger partial charge >= 0.3 is 6.09 Å². The molecule has 3 N–H and O–H groups in total. The summed E-state index contributed by atoms with van der Waals surface area (Å²) in [6.07, 6.45) is 4.43. The fraction of sp³-hybridized carbons (Fsp3) is 0.517. The average Bonchev–Trinajstić information content (AvgIpc) is 2.94. The number of hydrogen-bond acceptors (Lipinski definition) is 8. The van der Waals surface area contributed by atoms with Crippen molar-refractivity contribution in [1.29, 1.82) is 5.41 Å². The molecule has 1 aromatic rings. The van der Waals surface area contributed by atoms with E-state index < -0.39 is 35.4 Å². The van der Waals surface area contributed by atoms with E-state index in [0.717, 1.165) is 18.6 Å². The summed E-state index contributed by atoms with van der Waals surface area (Å²) in [5.41, 5.74) is -1.36. The lowest BCUT2D eigenvalue weighted by Gasteiger charge is -2.52. The van der Waals surface area contributed by atoms with E-state index in [2.05, 4.69) is 16.9 Å². The van der Waals surface area contributed by atoms with Gasteiger partial charge in [0.25, 0.3) is 0 Å². The first-order valence-electron chi connectivity index (χ1n) is 13.5. The number of methoxy groups -OCH3 is 1. The lowest BCUT2D eigenvalue weighted by molar-refractivity contribution is -0.148. The van der Waals surface area contributed by atoms with Crippen molar-refractivity contribution < 1.29 is 33.0 Å². The van der Waals surface area contributed by atoms with Crippen LogP contribution in [0.4, 0.5) is 13.6 Å². The number of aliphatic hydroxyl groups is 1. The maximum atomic E-state index is 14.4. The third-order valence-electron chi connectivity index (χ3n) is 7.54. The number of piperazine rings is 1. The molecule has 2 aliphatic heterocycles. The van der Waals surface area contributed by atoms with E-state index in [-0.39, 0.29) is 49.5 Å². The van der Waals surface area contributed by atoms with Crippen molar-refractivity contribution in [2.75, 3.05) is 40.4 Å². The number of aliphatic imine (C=N–C) groups is 1. The molecule has 2 heterocycles. The van der Waals surface area contributed by atoms with Crippen LogP contribution in [0, 0.1) is 17.0 Å². The van der Waals surface area contributed by atoms with Gasteiger partial charge in [0.15, 0.2) is 0 Å². The Morgan fingerprint density at radius 3 is 2.71 bits per heavy atom. The summed E-state index contributed by atoms with van der Waals surface area (Å²) < 4.78 is 38.7. The van der Waals surface area contributed by atoms with Gasteiger partial charge in [0.2, 0.25) is 5.91 Å². The predicted molar refractivity (Wildman–Crippen MR) is 151 cm³/mol. The minimum absolute atomic E-state index is 0.0126. The number of amides is 2. The number of piperidine rings is 1. The van der Waals surface area contributed by atoms with E-state index >= 15 is 0 Å². The minimum Gasteiger partial charge on any atom is -0.497 e. The molecule has 10 nitrogen and oxygen atoms in total. The maximum Gasteiger partial charge on any atom is 0.411 e. The zero-order valence-corrected chi connectivity index (χ0v) is 24.0. The van der Waals surface area contributed by atoms with Gasteiger partial charge in [0, 0.05) is 37.3 Å². The Balaban J connectivity index is 1.64. The second-order valence-corrected chi connectivity index (χ2v) is 10.2. The number of rotatable bonds is 12. The molecule has 1 aromatic carbocycles. The minimum atomic E-state index is -1.80. The second kappa shape index (κ2) is 13.8. The third-order valence-corrected chi connectivity index (χ3v) is 7.54. The number of nitrogens with zero attached hydrogens (tertiary/aromatic N) is 3. The summed E-state index contributed by atoms with van der Waals surface area (Å²) in [7, 11) is 3.22. The molecule has 0 aromatic heterocycles. The molecular weight excluding hydrogens is 536 g/mol. The molecule has 0 aliphatic carbocycles. The largest absolute Gasteiger partial charge is 0.497 e. The molecule has 4 unspecified atom stereocenters. The number of benzene rings is 1. The summed E-state index contributed by atoms with van der Waals surface area (Å²) in [4.78, 5) is 33.6. The molecule has 0 spiro atoms. The second-order valence-electron chi connectivity index (χ2n) is 10.2. The Labute approximate surface area is 239 Å². The van der Waals surface area contributed by atoms with Gasteiger partial charge in [-0.05, 0) is 51.5 Å². The van der Waals surface area contributed by atoms with Crippen LogP contribution in [0.5, 0.6) is 0 Å². The number of likely N-dealkylation sites (tertiary alicyclic amines) is 1. The van der Waals surface area contributed by atoms with Gasteiger partial charge in [-0.15, -0.1) is 0 Å². The first kappa shape index (κ1) is 31.9. The van der Waals surface area contributed by atoms with Crippen molar-refractivity contribution in [2.45, 2.75) is 56.8 Å². The molecule has 2 aliphatic rings. The molecule has 0 saturated carbocycles. The summed E-state index contributed by atoms with van der Waals surface area (Å²) in [5, 5.41) is 22.2. The normalized spacial score (nSPS) is 22.5. The van der Waals surface area contributed by atoms with E-state index in [1.54, 1.807) is 31.9 Å². The molecule has 2 fully saturated rings. The van der Waals surface area contributed by atoms with Crippen LogP contribution in [-0.2, 0) is 19.9 Å². The maximum absolute atomic E-state index is 14.4. The van der Waals surface area contributed by atoms with E-state index in [0.29, 0.717) is 30.2 Å². The van der Waals surface area contributed by atoms with E-state index in [1.165, 1.54) is 18.2 Å². The lowest BCUT2D eigenvalue weighted by Crippen LogP contribution is -2.69. The average molecular weight is 576 g/mol. The van der Waals surface area contributed by atoms with Gasteiger partial charge in [-0.1, -0.05) is 12.6 Å². The summed E-state index contributed by atoms with van der Waals surface area (Å²) in [6, 6.07) is 1.37. The Morgan fingerprint density at radius 1 is 1.34 bits per heavy atom. The number of halogens is 2. The van der Waals surface area contributed by atoms with Crippen LogP contribution >= 0.6 is 0 Å². The molecule has 2 amide bonds. The van der Waals surface area contributed by atoms with Crippen molar-refractivity contribution >= 4 is 23.9 Å². The van der Waals surface area contributed by atoms with Crippen molar-refractivity contribution in [1.82, 2.24) is 15.1 Å². The Morgan fingerprint density at radius 2 is 2.07 bits per heavy atom. The molecule has 224 valence electrons. The molecule has 2 saturated heterocycles. The zero-order valence-electron chi connectivity index (χ0n) is 24.0. The van der Waals surface area contributed by atoms with E-state index in [9.17, 15) is 23.5 Å². The molecule has 2 bridgehead atoms. The van der Waals surface area contributed by atoms with Crippen LogP contribution < -0.4 is 5.32 Å². The van der Waals surface area contributed by atoms with Crippen LogP contribution in [-0.4, -0.2) is 97.4 Å². The van der Waals surface area contributed by atoms with Crippen LogP contribution in [0.25, 0.3) is 0 Å². The highest BCUT2D eigenvalue weighted by atomic mass is 19.1. The van der Waals surface area contributed by atoms with Crippen LogP contribution in [0.3, 0.4) is 0 Å². The van der Waals surface area contributed by atoms with Crippen molar-refractivity contribution in [3.63, 3.8) is 0 Å². The number of hydrogen-bond donors (Lipinski definition) is 3. The summed E-state index contributed by atoms with van der Waals surface area (Å²) in [5.74, 6) is -1.36. The van der Waals surface area contributed by atoms with Gasteiger partial charge in [-0.3, -0.25) is 14.7 Å². The topological polar surface area (TPSA) is 128 Å². The van der Waals surface area contributed by atoms with Crippen molar-refractivity contribution in [2.24, 2.45) is 4.99 Å². The predicted octanol–water partition coefficient (Wildman–Crippen LogP) is 3.16. The molecule has 41 heavy (non-hydrogen) atoms. The highest BCUT2D eigenvalue weighted by Crippen LogP contribution is 2.37. The lowest BCUT2D eigenvalue weighted by atomic mass is 9.82. The SMILES string of the molecule is C=C(C(=CC)OC)C1C2CCCC(C(=O)N1C)N2C(=O)OCC(=N)CNCC(O)(CN=CC)c1ccc(F)cc1F. The van der Waals surface area contributed by atoms with Gasteiger partial charge in [0.1, 0.15) is 35.6 Å². The van der Waals surface area contributed by atoms with Gasteiger partial charge in [0.05, 0.1) is 31.4 Å². The number of likely N-dealkylation sites (N-methyl/N-ethyl adjacent to an activating group) is 1. The van der Waals surface area contributed by atoms with Crippen LogP contribution in [0.15, 0.2) is 47.2 Å². The number of carbonyl (C=O) groups excluding carboxylic acids is 2. The van der Waals surface area contributed by atoms with E-state index in [4.69, 9.17) is 14.9 Å². The number of fused-ring (bicyclic) bond motifs is 2. The quantitative estimate of drug-likeness (QED) is 0.200. The van der Waals surface area contributed by atoms with Crippen LogP contribution in [0.1, 0.15) is 38.7 Å². The molecule has 4 atom stereocenters. The Hall–Kier alpha value is -3.64. The molecule has 12 heteroatoms. The Kier molecular flexibility index (Phi) is 10.7. The number of ether oxygens (including phenoxy) is 2. The monoisotopic (exact) mass is 575 g/mol. The molecular formula is C29H39F2N5O5. The number of nitrogens with one attached hydrogen (secondary N) is 2. The van der Waals surface area contributed by atoms with Crippen molar-refractivity contribution in [3.05, 3.63) is 59.4 Å². The highest BCUT2D eigenvalue weighted by Gasteiger charge is 2.51. The standard InChI is InChI=1S/C29H39F2N5O5/c1-6-25(40-5)18(3)26-23-9-8-10-24(27(37)35(26)4)36(23)28(38)41-15-20(32)14-34-17-29(39,16-33-7-2)21-12-11-19(30)13-22(21)31/h6-7,11-13,23-24,26,32,34,39H,3,8-10,14-17H2,1-2,4-5H3. The molecule has 0 radical (unpaired) electrons. The summed E-state index contributed by atoms with van der Waals surface area (Å²) in [6.45, 7) is 6.77. The summed E-state index contributed by atoms with van der Waals surface area (Å²) >= 11 is 0. The van der Waals surface area contributed by atoms with Crippen LogP contribution in [0.2, 0.25) is 0 Å². The molecule has 3 rings (SSSR count). The van der Waals surface area contributed by atoms with Gasteiger partial charge in [-0.25, -0.2) is 13.6 Å². The smallest absolute Gasteiger partial charge is 0.411 e. The van der Waals surface area contributed by atoms with Gasteiger partial charge < -0.3 is 30.2 Å². The Bertz CT molecular complexity index is 1220. The number of allylic oxidation sites excluding steroid dienone is 1. The first-order chi connectivity index (χ1) is 19.5. The van der Waals surface area contributed by atoms with Gasteiger partial charge in [-0.2, -0.15) is 0 Å².